The minimum Gasteiger partial charge on any atom is -0.465 e. The summed E-state index contributed by atoms with van der Waals surface area (Å²) in [5.41, 5.74) is 0.381. The highest BCUT2D eigenvalue weighted by molar-refractivity contribution is 8.14. The lowest BCUT2D eigenvalue weighted by Gasteiger charge is -2.16. The summed E-state index contributed by atoms with van der Waals surface area (Å²) in [6.45, 7) is 1.76. The summed E-state index contributed by atoms with van der Waals surface area (Å²) in [6.07, 6.45) is 0.737. The number of azo groups is 1. The fourth-order valence-electron chi connectivity index (χ4n) is 1.51. The number of esters is 1. The number of rotatable bonds is 5. The molecule has 2 heterocycles. The number of fused-ring (bicyclic) bond motifs is 1. The highest BCUT2D eigenvalue weighted by Crippen LogP contribution is 2.21. The van der Waals surface area contributed by atoms with Crippen LogP contribution in [0.3, 0.4) is 0 Å². The molecular weight excluding hydrogens is 298 g/mol. The Balaban J connectivity index is 1.77. The van der Waals surface area contributed by atoms with Gasteiger partial charge in [-0.1, -0.05) is 11.8 Å². The number of nitrogens with one attached hydrogen (secondary N) is 2. The van der Waals surface area contributed by atoms with Gasteiger partial charge in [-0.2, -0.15) is 10.2 Å². The molecule has 0 saturated carbocycles. The predicted molar refractivity (Wildman–Crippen MR) is 74.4 cm³/mol. The molecule has 1 atom stereocenters. The molecule has 9 nitrogen and oxygen atoms in total. The fourth-order valence-corrected chi connectivity index (χ4v) is 2.22. The van der Waals surface area contributed by atoms with E-state index in [-0.39, 0.29) is 30.7 Å². The Bertz CT molecular complexity index is 557. The van der Waals surface area contributed by atoms with Crippen LogP contribution in [0.15, 0.2) is 27.0 Å². The minimum absolute atomic E-state index is 0.0153. The third-order valence-corrected chi connectivity index (χ3v) is 3.34. The van der Waals surface area contributed by atoms with Gasteiger partial charge in [0.1, 0.15) is 6.54 Å². The van der Waals surface area contributed by atoms with Crippen LogP contribution < -0.4 is 10.6 Å². The average molecular weight is 311 g/mol. The molecule has 0 bridgehead atoms. The molecule has 0 spiro atoms. The number of hydrogen-bond donors (Lipinski definition) is 2. The SMILES string of the molecule is CCOC(=O)CNC(=O)CSC1=NC2N=NC=C2C(=O)N1. The van der Waals surface area contributed by atoms with Crippen LogP contribution in [-0.2, 0) is 19.1 Å². The molecule has 21 heavy (non-hydrogen) atoms. The Labute approximate surface area is 124 Å². The van der Waals surface area contributed by atoms with Crippen LogP contribution in [0.25, 0.3) is 0 Å². The van der Waals surface area contributed by atoms with Crippen LogP contribution in [-0.4, -0.2) is 48.0 Å². The standard InChI is InChI=1S/C11H13N5O4S/c1-2-20-8(18)4-12-7(17)5-21-11-14-9-6(3-13-16-9)10(19)15-11/h3,9H,2,4-5H2,1H3,(H,12,17)(H,14,15,19). The van der Waals surface area contributed by atoms with Crippen LogP contribution in [0, 0.1) is 0 Å². The smallest absolute Gasteiger partial charge is 0.325 e. The zero-order valence-electron chi connectivity index (χ0n) is 11.2. The van der Waals surface area contributed by atoms with Crippen molar-refractivity contribution in [2.45, 2.75) is 13.1 Å². The Morgan fingerprint density at radius 1 is 1.52 bits per heavy atom. The average Bonchev–Trinajstić information content (AvgIpc) is 2.92. The van der Waals surface area contributed by atoms with E-state index in [1.807, 2.05) is 0 Å². The lowest BCUT2D eigenvalue weighted by molar-refractivity contribution is -0.143. The van der Waals surface area contributed by atoms with Gasteiger partial charge < -0.3 is 15.4 Å². The zero-order valence-corrected chi connectivity index (χ0v) is 12.0. The van der Waals surface area contributed by atoms with Crippen molar-refractivity contribution in [3.05, 3.63) is 11.8 Å². The van der Waals surface area contributed by atoms with Gasteiger partial charge in [0.2, 0.25) is 5.91 Å². The van der Waals surface area contributed by atoms with E-state index < -0.39 is 12.1 Å². The normalized spacial score (nSPS) is 19.3. The third-order valence-electron chi connectivity index (χ3n) is 2.45. The third kappa shape index (κ3) is 4.12. The summed E-state index contributed by atoms with van der Waals surface area (Å²) >= 11 is 1.05. The van der Waals surface area contributed by atoms with E-state index in [4.69, 9.17) is 0 Å². The molecular formula is C11H13N5O4S. The fraction of sp³-hybridized carbons (Fsp3) is 0.455. The molecule has 2 aliphatic heterocycles. The van der Waals surface area contributed by atoms with Crippen molar-refractivity contribution in [2.75, 3.05) is 18.9 Å². The lowest BCUT2D eigenvalue weighted by atomic mass is 10.2. The topological polar surface area (TPSA) is 122 Å². The van der Waals surface area contributed by atoms with E-state index in [0.717, 1.165) is 11.8 Å². The Hall–Kier alpha value is -2.23. The number of aliphatic imine (C=N–C) groups is 1. The first-order valence-electron chi connectivity index (χ1n) is 6.14. The van der Waals surface area contributed by atoms with Gasteiger partial charge in [0.15, 0.2) is 11.3 Å². The maximum Gasteiger partial charge on any atom is 0.325 e. The van der Waals surface area contributed by atoms with Crippen LogP contribution >= 0.6 is 11.8 Å². The first-order valence-corrected chi connectivity index (χ1v) is 7.13. The maximum absolute atomic E-state index is 11.7. The summed E-state index contributed by atoms with van der Waals surface area (Å²) in [4.78, 5) is 38.4. The van der Waals surface area contributed by atoms with E-state index in [1.54, 1.807) is 6.92 Å². The number of ether oxygens (including phenoxy) is 1. The van der Waals surface area contributed by atoms with Crippen molar-refractivity contribution in [1.29, 1.82) is 0 Å². The lowest BCUT2D eigenvalue weighted by Crippen LogP contribution is -2.39. The van der Waals surface area contributed by atoms with Gasteiger partial charge in [0.25, 0.3) is 5.91 Å². The molecule has 0 aromatic carbocycles. The minimum atomic E-state index is -0.621. The van der Waals surface area contributed by atoms with Crippen molar-refractivity contribution in [1.82, 2.24) is 10.6 Å². The maximum atomic E-state index is 11.7. The molecule has 10 heteroatoms. The van der Waals surface area contributed by atoms with E-state index in [9.17, 15) is 14.4 Å². The second kappa shape index (κ2) is 6.97. The molecule has 0 aromatic rings. The molecule has 0 aliphatic carbocycles. The predicted octanol–water partition coefficient (Wildman–Crippen LogP) is -0.440. The summed E-state index contributed by atoms with van der Waals surface area (Å²) in [5.74, 6) is -1.17. The number of thioether (sulfide) groups is 1. The van der Waals surface area contributed by atoms with Gasteiger partial charge in [0.05, 0.1) is 24.1 Å². The number of amides is 2. The van der Waals surface area contributed by atoms with Crippen LogP contribution in [0.2, 0.25) is 0 Å². The van der Waals surface area contributed by atoms with E-state index in [1.165, 1.54) is 6.20 Å². The van der Waals surface area contributed by atoms with Crippen molar-refractivity contribution in [3.8, 4) is 0 Å². The van der Waals surface area contributed by atoms with E-state index in [0.29, 0.717) is 10.7 Å². The molecule has 0 aromatic heterocycles. The first-order chi connectivity index (χ1) is 10.1. The number of nitrogens with zero attached hydrogens (tertiary/aromatic N) is 3. The second-order valence-corrected chi connectivity index (χ2v) is 4.91. The zero-order chi connectivity index (χ0) is 15.2. The van der Waals surface area contributed by atoms with Gasteiger partial charge in [-0.3, -0.25) is 14.4 Å². The summed E-state index contributed by atoms with van der Waals surface area (Å²) in [5, 5.41) is 12.7. The highest BCUT2D eigenvalue weighted by Gasteiger charge is 2.29. The highest BCUT2D eigenvalue weighted by atomic mass is 32.2. The Morgan fingerprint density at radius 2 is 2.33 bits per heavy atom. The Kier molecular flexibility index (Phi) is 5.04. The van der Waals surface area contributed by atoms with Gasteiger partial charge >= 0.3 is 5.97 Å². The molecule has 1 unspecified atom stereocenters. The number of hydrogen-bond acceptors (Lipinski definition) is 8. The van der Waals surface area contributed by atoms with Crippen molar-refractivity contribution in [3.63, 3.8) is 0 Å². The molecule has 2 amide bonds. The molecule has 2 N–H and O–H groups in total. The van der Waals surface area contributed by atoms with Crippen LogP contribution in [0.4, 0.5) is 0 Å². The summed E-state index contributed by atoms with van der Waals surface area (Å²) in [6, 6.07) is 0. The summed E-state index contributed by atoms with van der Waals surface area (Å²) < 4.78 is 4.68. The van der Waals surface area contributed by atoms with Gasteiger partial charge in [0, 0.05) is 0 Å². The molecule has 2 aliphatic rings. The monoisotopic (exact) mass is 311 g/mol. The second-order valence-electron chi connectivity index (χ2n) is 3.95. The van der Waals surface area contributed by atoms with Crippen LogP contribution in [0.5, 0.6) is 0 Å². The number of carbonyl (C=O) groups excluding carboxylic acids is 3. The largest absolute Gasteiger partial charge is 0.465 e. The summed E-state index contributed by atoms with van der Waals surface area (Å²) in [7, 11) is 0. The first kappa shape index (κ1) is 15.2. The molecule has 0 saturated heterocycles. The van der Waals surface area contributed by atoms with Gasteiger partial charge in [-0.25, -0.2) is 4.99 Å². The van der Waals surface area contributed by atoms with Gasteiger partial charge in [-0.05, 0) is 6.92 Å². The van der Waals surface area contributed by atoms with E-state index in [2.05, 4.69) is 30.6 Å². The molecule has 0 fully saturated rings. The van der Waals surface area contributed by atoms with Crippen molar-refractivity contribution in [2.24, 2.45) is 15.2 Å². The Morgan fingerprint density at radius 3 is 3.10 bits per heavy atom. The molecule has 0 radical (unpaired) electrons. The number of amidine groups is 1. The molecule has 2 rings (SSSR count). The van der Waals surface area contributed by atoms with Gasteiger partial charge in [-0.15, -0.1) is 0 Å². The quantitative estimate of drug-likeness (QED) is 0.667. The van der Waals surface area contributed by atoms with E-state index >= 15 is 0 Å². The van der Waals surface area contributed by atoms with Crippen molar-refractivity contribution >= 4 is 34.7 Å². The number of carbonyl (C=O) groups is 3. The van der Waals surface area contributed by atoms with Crippen LogP contribution in [0.1, 0.15) is 6.92 Å². The van der Waals surface area contributed by atoms with Crippen molar-refractivity contribution < 1.29 is 19.1 Å². The molecule has 112 valence electrons.